The van der Waals surface area contributed by atoms with E-state index < -0.39 is 17.2 Å². The zero-order valence-electron chi connectivity index (χ0n) is 11.5. The first kappa shape index (κ1) is 13.8. The molecule has 0 spiro atoms. The number of hydrogen-bond acceptors (Lipinski definition) is 6. The van der Waals surface area contributed by atoms with E-state index in [0.717, 1.165) is 4.57 Å². The van der Waals surface area contributed by atoms with Gasteiger partial charge in [-0.3, -0.25) is 18.5 Å². The maximum atomic E-state index is 12.1. The Morgan fingerprint density at radius 1 is 1.15 bits per heavy atom. The van der Waals surface area contributed by atoms with E-state index in [1.165, 1.54) is 30.3 Å². The zero-order valence-corrected chi connectivity index (χ0v) is 11.5. The Morgan fingerprint density at radius 3 is 2.40 bits per heavy atom. The quantitative estimate of drug-likeness (QED) is 0.637. The monoisotopic (exact) mass is 282 g/mol. The maximum Gasteiger partial charge on any atom is 0.344 e. The van der Waals surface area contributed by atoms with Crippen LogP contribution in [0.1, 0.15) is 0 Å². The molecule has 0 aliphatic rings. The summed E-state index contributed by atoms with van der Waals surface area (Å²) in [5.41, 5.74) is -0.555. The molecule has 0 fully saturated rings. The third-order valence-corrected chi connectivity index (χ3v) is 2.98. The second-order valence-corrected chi connectivity index (χ2v) is 4.20. The summed E-state index contributed by atoms with van der Waals surface area (Å²) in [4.78, 5) is 39.0. The van der Waals surface area contributed by atoms with Crippen LogP contribution in [-0.4, -0.2) is 38.4 Å². The maximum absolute atomic E-state index is 12.1. The topological polar surface area (TPSA) is 97.4 Å². The predicted molar refractivity (Wildman–Crippen MR) is 68.7 cm³/mol. The Balaban J connectivity index is 2.62. The minimum absolute atomic E-state index is 0.0590. The number of aromatic nitrogens is 4. The van der Waals surface area contributed by atoms with Crippen molar-refractivity contribution in [3.05, 3.63) is 20.8 Å². The summed E-state index contributed by atoms with van der Waals surface area (Å²) in [5, 5.41) is 0. The number of carbonyl (C=O) groups is 1. The molecule has 0 aliphatic heterocycles. The van der Waals surface area contributed by atoms with Crippen LogP contribution in [0, 0.1) is 0 Å². The molecule has 108 valence electrons. The van der Waals surface area contributed by atoms with Gasteiger partial charge in [0.25, 0.3) is 11.6 Å². The minimum Gasteiger partial charge on any atom is -0.466 e. The van der Waals surface area contributed by atoms with E-state index in [2.05, 4.69) is 9.72 Å². The molecule has 9 nitrogen and oxygen atoms in total. The van der Waals surface area contributed by atoms with Crippen LogP contribution in [0.5, 0.6) is 6.01 Å². The third kappa shape index (κ3) is 1.96. The van der Waals surface area contributed by atoms with Gasteiger partial charge in [0.05, 0.1) is 7.11 Å². The van der Waals surface area contributed by atoms with Gasteiger partial charge in [-0.05, 0) is 0 Å². The van der Waals surface area contributed by atoms with Gasteiger partial charge in [-0.1, -0.05) is 0 Å². The number of methoxy groups -OCH3 is 1. The highest BCUT2D eigenvalue weighted by molar-refractivity contribution is 5.73. The minimum atomic E-state index is -0.571. The molecule has 0 unspecified atom stereocenters. The molecule has 0 saturated carbocycles. The van der Waals surface area contributed by atoms with Crippen LogP contribution in [0.4, 0.5) is 0 Å². The van der Waals surface area contributed by atoms with Crippen molar-refractivity contribution in [3.63, 3.8) is 0 Å². The van der Waals surface area contributed by atoms with Crippen molar-refractivity contribution in [2.24, 2.45) is 21.1 Å². The van der Waals surface area contributed by atoms with E-state index >= 15 is 0 Å². The SMILES string of the molecule is COC(=O)COc1nc2c(c(=O)n(C)c(=O)n2C)n1C. The molecule has 20 heavy (non-hydrogen) atoms. The van der Waals surface area contributed by atoms with Crippen LogP contribution in [-0.2, 0) is 30.7 Å². The number of rotatable bonds is 3. The van der Waals surface area contributed by atoms with E-state index in [-0.39, 0.29) is 23.8 Å². The van der Waals surface area contributed by atoms with Crippen LogP contribution >= 0.6 is 0 Å². The number of nitrogens with zero attached hydrogens (tertiary/aromatic N) is 4. The van der Waals surface area contributed by atoms with E-state index in [1.54, 1.807) is 7.05 Å². The molecule has 0 aliphatic carbocycles. The molecule has 0 amide bonds. The van der Waals surface area contributed by atoms with Crippen LogP contribution in [0.2, 0.25) is 0 Å². The average molecular weight is 282 g/mol. The molecule has 0 bridgehead atoms. The molecular formula is C11H14N4O5. The Kier molecular flexibility index (Phi) is 3.35. The number of hydrogen-bond donors (Lipinski definition) is 0. The highest BCUT2D eigenvalue weighted by atomic mass is 16.6. The van der Waals surface area contributed by atoms with E-state index in [0.29, 0.717) is 0 Å². The van der Waals surface area contributed by atoms with Gasteiger partial charge < -0.3 is 9.47 Å². The van der Waals surface area contributed by atoms with Crippen LogP contribution in [0.15, 0.2) is 9.59 Å². The van der Waals surface area contributed by atoms with Gasteiger partial charge in [0.2, 0.25) is 0 Å². The summed E-state index contributed by atoms with van der Waals surface area (Å²) in [6.07, 6.45) is 0. The van der Waals surface area contributed by atoms with Gasteiger partial charge in [-0.15, -0.1) is 0 Å². The number of carbonyl (C=O) groups excluding carboxylic acids is 1. The molecule has 0 radical (unpaired) electrons. The van der Waals surface area contributed by atoms with Crippen LogP contribution < -0.4 is 16.0 Å². The van der Waals surface area contributed by atoms with Crippen molar-refractivity contribution in [2.75, 3.05) is 13.7 Å². The van der Waals surface area contributed by atoms with E-state index in [9.17, 15) is 14.4 Å². The molecule has 0 N–H and O–H groups in total. The number of fused-ring (bicyclic) bond motifs is 1. The fraction of sp³-hybridized carbons (Fsp3) is 0.455. The summed E-state index contributed by atoms with van der Waals surface area (Å²) >= 11 is 0. The lowest BCUT2D eigenvalue weighted by atomic mass is 10.5. The van der Waals surface area contributed by atoms with Crippen molar-refractivity contribution in [2.45, 2.75) is 0 Å². The molecule has 2 rings (SSSR count). The van der Waals surface area contributed by atoms with Gasteiger partial charge in [0.15, 0.2) is 17.8 Å². The summed E-state index contributed by atoms with van der Waals surface area (Å²) < 4.78 is 13.2. The van der Waals surface area contributed by atoms with Crippen molar-refractivity contribution in [1.29, 1.82) is 0 Å². The van der Waals surface area contributed by atoms with Crippen LogP contribution in [0.3, 0.4) is 0 Å². The molecule has 9 heteroatoms. The lowest BCUT2D eigenvalue weighted by molar-refractivity contribution is -0.143. The van der Waals surface area contributed by atoms with Crippen LogP contribution in [0.25, 0.3) is 11.2 Å². The molecule has 2 aromatic rings. The number of imidazole rings is 1. The first-order valence-corrected chi connectivity index (χ1v) is 5.70. The molecule has 0 atom stereocenters. The molecule has 0 saturated heterocycles. The fourth-order valence-electron chi connectivity index (χ4n) is 1.81. The van der Waals surface area contributed by atoms with Gasteiger partial charge in [0, 0.05) is 21.1 Å². The van der Waals surface area contributed by atoms with Gasteiger partial charge in [-0.25, -0.2) is 9.59 Å². The normalized spacial score (nSPS) is 10.8. The zero-order chi connectivity index (χ0) is 15.0. The first-order valence-electron chi connectivity index (χ1n) is 5.70. The second-order valence-electron chi connectivity index (χ2n) is 4.20. The number of aryl methyl sites for hydroxylation is 2. The summed E-state index contributed by atoms with van der Waals surface area (Å²) in [6.45, 7) is -0.331. The highest BCUT2D eigenvalue weighted by Gasteiger charge is 2.18. The summed E-state index contributed by atoms with van der Waals surface area (Å²) in [7, 11) is 5.68. The Bertz CT molecular complexity index is 798. The number of esters is 1. The fourth-order valence-corrected chi connectivity index (χ4v) is 1.81. The summed E-state index contributed by atoms with van der Waals surface area (Å²) in [5.74, 6) is -0.571. The number of ether oxygens (including phenoxy) is 2. The van der Waals surface area contributed by atoms with Gasteiger partial charge >= 0.3 is 11.7 Å². The summed E-state index contributed by atoms with van der Waals surface area (Å²) in [6, 6.07) is 0.0590. The standard InChI is InChI=1S/C11H14N4O5/c1-13-7-8(12-10(13)20-5-6(16)19-4)14(2)11(18)15(3)9(7)17/h5H2,1-4H3. The Labute approximate surface area is 113 Å². The lowest BCUT2D eigenvalue weighted by Gasteiger charge is -2.04. The van der Waals surface area contributed by atoms with Gasteiger partial charge in [0.1, 0.15) is 0 Å². The molecule has 2 heterocycles. The predicted octanol–water partition coefficient (Wildman–Crippen LogP) is -1.48. The van der Waals surface area contributed by atoms with E-state index in [4.69, 9.17) is 4.74 Å². The van der Waals surface area contributed by atoms with Gasteiger partial charge in [-0.2, -0.15) is 4.98 Å². The van der Waals surface area contributed by atoms with E-state index in [1.807, 2.05) is 0 Å². The first-order chi connectivity index (χ1) is 9.38. The third-order valence-electron chi connectivity index (χ3n) is 2.98. The van der Waals surface area contributed by atoms with Crippen molar-refractivity contribution in [1.82, 2.24) is 18.7 Å². The van der Waals surface area contributed by atoms with Crippen molar-refractivity contribution in [3.8, 4) is 6.01 Å². The Morgan fingerprint density at radius 2 is 1.80 bits per heavy atom. The molecule has 2 aromatic heterocycles. The second kappa shape index (κ2) is 4.83. The van der Waals surface area contributed by atoms with Crippen molar-refractivity contribution >= 4 is 17.1 Å². The molecule has 0 aromatic carbocycles. The smallest absolute Gasteiger partial charge is 0.344 e. The lowest BCUT2D eigenvalue weighted by Crippen LogP contribution is -2.37. The largest absolute Gasteiger partial charge is 0.466 e. The Hall–Kier alpha value is -2.58. The van der Waals surface area contributed by atoms with Crippen molar-refractivity contribution < 1.29 is 14.3 Å². The molecular weight excluding hydrogens is 268 g/mol. The highest BCUT2D eigenvalue weighted by Crippen LogP contribution is 2.15. The average Bonchev–Trinajstić information content (AvgIpc) is 2.77.